The van der Waals surface area contributed by atoms with Crippen molar-refractivity contribution in [2.45, 2.75) is 85.7 Å². The Morgan fingerprint density at radius 1 is 0.909 bits per heavy atom. The van der Waals surface area contributed by atoms with E-state index in [2.05, 4.69) is 20.8 Å². The average molecular weight is 306 g/mol. The van der Waals surface area contributed by atoms with Crippen LogP contribution < -0.4 is 0 Å². The smallest absolute Gasteiger partial charge is 0.311 e. The minimum Gasteiger partial charge on any atom is -0.458 e. The van der Waals surface area contributed by atoms with Gasteiger partial charge in [0.1, 0.15) is 5.60 Å². The third-order valence-corrected chi connectivity index (χ3v) is 6.22. The molecule has 0 radical (unpaired) electrons. The molecule has 2 heteroatoms. The number of carbonyl (C=O) groups excluding carboxylic acids is 1. The van der Waals surface area contributed by atoms with Gasteiger partial charge in [-0.3, -0.25) is 4.79 Å². The lowest BCUT2D eigenvalue weighted by atomic mass is 9.48. The molecule has 4 fully saturated rings. The average Bonchev–Trinajstić information content (AvgIpc) is 2.31. The van der Waals surface area contributed by atoms with Gasteiger partial charge in [-0.05, 0) is 88.4 Å². The van der Waals surface area contributed by atoms with Crippen LogP contribution in [0.5, 0.6) is 0 Å². The first kappa shape index (κ1) is 16.3. The molecule has 0 N–H and O–H groups in total. The summed E-state index contributed by atoms with van der Waals surface area (Å²) < 4.78 is 6.42. The van der Waals surface area contributed by atoms with Crippen LogP contribution in [-0.2, 0) is 9.53 Å². The highest BCUT2D eigenvalue weighted by Gasteiger charge is 2.60. The zero-order valence-electron chi connectivity index (χ0n) is 15.4. The molecule has 0 aromatic carbocycles. The molecule has 0 atom stereocenters. The lowest BCUT2D eigenvalue weighted by Crippen LogP contribution is -2.61. The molecular weight excluding hydrogens is 272 g/mol. The molecule has 0 amide bonds. The first-order valence-corrected chi connectivity index (χ1v) is 9.23. The lowest BCUT2D eigenvalue weighted by Gasteiger charge is -2.61. The van der Waals surface area contributed by atoms with Crippen molar-refractivity contribution in [1.82, 2.24) is 0 Å². The fourth-order valence-corrected chi connectivity index (χ4v) is 5.63. The third-order valence-electron chi connectivity index (χ3n) is 6.22. The largest absolute Gasteiger partial charge is 0.458 e. The Balaban J connectivity index is 1.92. The van der Waals surface area contributed by atoms with E-state index in [1.165, 1.54) is 32.1 Å². The van der Waals surface area contributed by atoms with Crippen LogP contribution in [0, 0.1) is 34.5 Å². The predicted octanol–water partition coefficient (Wildman–Crippen LogP) is 5.21. The van der Waals surface area contributed by atoms with E-state index in [9.17, 15) is 4.79 Å². The standard InChI is InChI=1S/C20H34O2/c1-18(2,3)12-20(22-17(21)19(4,5)6)15-8-13-7-14(10-15)11-16(20)9-13/h13-16H,7-12H2,1-6H3. The van der Waals surface area contributed by atoms with Crippen molar-refractivity contribution in [2.75, 3.05) is 0 Å². The maximum absolute atomic E-state index is 12.7. The SMILES string of the molecule is CC(C)(C)CC1(OC(=O)C(C)(C)C)C2CC3CC(C2)CC1C3. The molecule has 4 aliphatic carbocycles. The second kappa shape index (κ2) is 4.98. The highest BCUT2D eigenvalue weighted by molar-refractivity contribution is 5.76. The lowest BCUT2D eigenvalue weighted by molar-refractivity contribution is -0.225. The molecule has 4 aliphatic rings. The Kier molecular flexibility index (Phi) is 3.70. The van der Waals surface area contributed by atoms with Gasteiger partial charge in [0, 0.05) is 0 Å². The van der Waals surface area contributed by atoms with Crippen molar-refractivity contribution in [3.05, 3.63) is 0 Å². The quantitative estimate of drug-likeness (QED) is 0.655. The van der Waals surface area contributed by atoms with E-state index in [4.69, 9.17) is 4.74 Å². The molecular formula is C20H34O2. The van der Waals surface area contributed by atoms with E-state index in [0.717, 1.165) is 18.3 Å². The van der Waals surface area contributed by atoms with Gasteiger partial charge >= 0.3 is 5.97 Å². The van der Waals surface area contributed by atoms with Crippen molar-refractivity contribution in [3.63, 3.8) is 0 Å². The van der Waals surface area contributed by atoms with Crippen LogP contribution in [0.1, 0.15) is 80.1 Å². The van der Waals surface area contributed by atoms with E-state index in [1.54, 1.807) is 0 Å². The first-order chi connectivity index (χ1) is 9.99. The van der Waals surface area contributed by atoms with Gasteiger partial charge in [0.15, 0.2) is 0 Å². The Bertz CT molecular complexity index is 421. The van der Waals surface area contributed by atoms with Crippen LogP contribution >= 0.6 is 0 Å². The summed E-state index contributed by atoms with van der Waals surface area (Å²) in [7, 11) is 0. The summed E-state index contributed by atoms with van der Waals surface area (Å²) in [6.07, 6.45) is 7.63. The minimum absolute atomic E-state index is 0.00391. The summed E-state index contributed by atoms with van der Waals surface area (Å²) in [4.78, 5) is 12.7. The molecule has 0 aliphatic heterocycles. The molecule has 126 valence electrons. The van der Waals surface area contributed by atoms with E-state index in [-0.39, 0.29) is 17.0 Å². The minimum atomic E-state index is -0.403. The van der Waals surface area contributed by atoms with Crippen LogP contribution in [-0.4, -0.2) is 11.6 Å². The van der Waals surface area contributed by atoms with Crippen molar-refractivity contribution < 1.29 is 9.53 Å². The fraction of sp³-hybridized carbons (Fsp3) is 0.950. The van der Waals surface area contributed by atoms with Crippen molar-refractivity contribution in [3.8, 4) is 0 Å². The normalized spacial score (nSPS) is 40.8. The molecule has 0 aromatic rings. The monoisotopic (exact) mass is 306 g/mol. The van der Waals surface area contributed by atoms with Crippen LogP contribution in [0.3, 0.4) is 0 Å². The van der Waals surface area contributed by atoms with Gasteiger partial charge in [0.05, 0.1) is 5.41 Å². The topological polar surface area (TPSA) is 26.3 Å². The third kappa shape index (κ3) is 2.83. The van der Waals surface area contributed by atoms with Crippen molar-refractivity contribution in [1.29, 1.82) is 0 Å². The number of carbonyl (C=O) groups is 1. The summed E-state index contributed by atoms with van der Waals surface area (Å²) in [6, 6.07) is 0. The van der Waals surface area contributed by atoms with Crippen LogP contribution in [0.2, 0.25) is 0 Å². The highest BCUT2D eigenvalue weighted by Crippen LogP contribution is 2.62. The van der Waals surface area contributed by atoms with Gasteiger partial charge in [-0.15, -0.1) is 0 Å². The molecule has 0 saturated heterocycles. The number of ether oxygens (including phenoxy) is 1. The molecule has 4 bridgehead atoms. The Labute approximate surface area is 136 Å². The van der Waals surface area contributed by atoms with Crippen molar-refractivity contribution in [2.24, 2.45) is 34.5 Å². The van der Waals surface area contributed by atoms with Gasteiger partial charge in [-0.25, -0.2) is 0 Å². The van der Waals surface area contributed by atoms with E-state index in [0.29, 0.717) is 11.8 Å². The molecule has 2 nitrogen and oxygen atoms in total. The molecule has 0 heterocycles. The Hall–Kier alpha value is -0.530. The van der Waals surface area contributed by atoms with E-state index >= 15 is 0 Å². The van der Waals surface area contributed by atoms with E-state index < -0.39 is 5.41 Å². The fourth-order valence-electron chi connectivity index (χ4n) is 5.63. The molecule has 0 spiro atoms. The predicted molar refractivity (Wildman–Crippen MR) is 89.4 cm³/mol. The summed E-state index contributed by atoms with van der Waals surface area (Å²) >= 11 is 0. The zero-order chi connectivity index (χ0) is 16.3. The van der Waals surface area contributed by atoms with Crippen LogP contribution in [0.4, 0.5) is 0 Å². The zero-order valence-corrected chi connectivity index (χ0v) is 15.4. The van der Waals surface area contributed by atoms with Gasteiger partial charge < -0.3 is 4.74 Å². The summed E-state index contributed by atoms with van der Waals surface area (Å²) in [5, 5.41) is 0. The number of rotatable bonds is 2. The number of hydrogen-bond donors (Lipinski definition) is 0. The van der Waals surface area contributed by atoms with Gasteiger partial charge in [0.2, 0.25) is 0 Å². The van der Waals surface area contributed by atoms with Gasteiger partial charge in [-0.2, -0.15) is 0 Å². The molecule has 22 heavy (non-hydrogen) atoms. The van der Waals surface area contributed by atoms with Crippen molar-refractivity contribution >= 4 is 5.97 Å². The maximum atomic E-state index is 12.7. The van der Waals surface area contributed by atoms with Gasteiger partial charge in [0.25, 0.3) is 0 Å². The second-order valence-electron chi connectivity index (χ2n) is 10.6. The number of hydrogen-bond acceptors (Lipinski definition) is 2. The van der Waals surface area contributed by atoms with Gasteiger partial charge in [-0.1, -0.05) is 20.8 Å². The second-order valence-corrected chi connectivity index (χ2v) is 10.6. The van der Waals surface area contributed by atoms with Crippen LogP contribution in [0.15, 0.2) is 0 Å². The summed E-state index contributed by atoms with van der Waals surface area (Å²) in [6.45, 7) is 12.8. The molecule has 4 saturated carbocycles. The number of esters is 1. The Morgan fingerprint density at radius 3 is 1.73 bits per heavy atom. The molecule has 4 rings (SSSR count). The summed E-state index contributed by atoms with van der Waals surface area (Å²) in [5.74, 6) is 3.03. The highest BCUT2D eigenvalue weighted by atomic mass is 16.6. The van der Waals surface area contributed by atoms with Crippen LogP contribution in [0.25, 0.3) is 0 Å². The maximum Gasteiger partial charge on any atom is 0.311 e. The molecule has 0 aromatic heterocycles. The van der Waals surface area contributed by atoms with E-state index in [1.807, 2.05) is 20.8 Å². The molecule has 0 unspecified atom stereocenters. The summed E-state index contributed by atoms with van der Waals surface area (Å²) in [5.41, 5.74) is -0.386. The first-order valence-electron chi connectivity index (χ1n) is 9.23. The Morgan fingerprint density at radius 2 is 1.36 bits per heavy atom.